The molecule has 1 aromatic rings. The van der Waals surface area contributed by atoms with Gasteiger partial charge in [-0.1, -0.05) is 19.3 Å². The first-order valence-electron chi connectivity index (χ1n) is 8.15. The number of likely N-dealkylation sites (N-methyl/N-ethyl adjacent to an activating group) is 1. The molecule has 1 saturated carbocycles. The number of nitrogens with zero attached hydrogens (tertiary/aromatic N) is 2. The zero-order valence-corrected chi connectivity index (χ0v) is 14.2. The number of ether oxygens (including phenoxy) is 1. The van der Waals surface area contributed by atoms with Gasteiger partial charge in [-0.05, 0) is 31.9 Å². The van der Waals surface area contributed by atoms with Crippen molar-refractivity contribution in [1.29, 1.82) is 5.26 Å². The SMILES string of the molecule is C[C@@H](OC(=O)c1cc(F)cc(F)c1)C(=O)N(C)C1(C#N)CCCCC1. The zero-order valence-electron chi connectivity index (χ0n) is 14.2. The Morgan fingerprint density at radius 1 is 1.20 bits per heavy atom. The Balaban J connectivity index is 2.08. The molecule has 0 N–H and O–H groups in total. The number of rotatable bonds is 4. The molecule has 5 nitrogen and oxygen atoms in total. The minimum Gasteiger partial charge on any atom is -0.449 e. The van der Waals surface area contributed by atoms with Crippen LogP contribution in [0.1, 0.15) is 49.4 Å². The number of amides is 1. The third-order valence-electron chi connectivity index (χ3n) is 4.59. The molecule has 134 valence electrons. The van der Waals surface area contributed by atoms with Gasteiger partial charge in [0.25, 0.3) is 5.91 Å². The number of nitriles is 1. The molecule has 25 heavy (non-hydrogen) atoms. The second kappa shape index (κ2) is 7.60. The van der Waals surface area contributed by atoms with E-state index in [-0.39, 0.29) is 5.56 Å². The van der Waals surface area contributed by atoms with Crippen molar-refractivity contribution in [2.24, 2.45) is 0 Å². The van der Waals surface area contributed by atoms with Crippen LogP contribution in [0.4, 0.5) is 8.78 Å². The van der Waals surface area contributed by atoms with E-state index in [9.17, 15) is 23.6 Å². The van der Waals surface area contributed by atoms with E-state index in [2.05, 4.69) is 6.07 Å². The van der Waals surface area contributed by atoms with Gasteiger partial charge in [0, 0.05) is 13.1 Å². The van der Waals surface area contributed by atoms with E-state index < -0.39 is 35.2 Å². The first-order valence-corrected chi connectivity index (χ1v) is 8.15. The van der Waals surface area contributed by atoms with Crippen LogP contribution >= 0.6 is 0 Å². The highest BCUT2D eigenvalue weighted by Crippen LogP contribution is 2.33. The minimum atomic E-state index is -1.17. The summed E-state index contributed by atoms with van der Waals surface area (Å²) in [6, 6.07) is 4.53. The van der Waals surface area contributed by atoms with Crippen molar-refractivity contribution in [2.75, 3.05) is 7.05 Å². The summed E-state index contributed by atoms with van der Waals surface area (Å²) >= 11 is 0. The summed E-state index contributed by atoms with van der Waals surface area (Å²) in [6.07, 6.45) is 2.68. The molecule has 0 bridgehead atoms. The number of carbonyl (C=O) groups excluding carboxylic acids is 2. The molecule has 1 amide bonds. The summed E-state index contributed by atoms with van der Waals surface area (Å²) in [5, 5.41) is 9.53. The van der Waals surface area contributed by atoms with E-state index in [1.807, 2.05) is 0 Å². The van der Waals surface area contributed by atoms with Crippen LogP contribution in [-0.4, -0.2) is 35.5 Å². The van der Waals surface area contributed by atoms with Crippen LogP contribution < -0.4 is 0 Å². The van der Waals surface area contributed by atoms with Gasteiger partial charge in [-0.3, -0.25) is 4.79 Å². The smallest absolute Gasteiger partial charge is 0.339 e. The molecule has 0 heterocycles. The molecule has 1 aromatic carbocycles. The first kappa shape index (κ1) is 18.8. The van der Waals surface area contributed by atoms with Gasteiger partial charge in [0.05, 0.1) is 11.6 Å². The van der Waals surface area contributed by atoms with Gasteiger partial charge in [0.1, 0.15) is 17.2 Å². The van der Waals surface area contributed by atoms with Crippen molar-refractivity contribution in [2.45, 2.75) is 50.7 Å². The van der Waals surface area contributed by atoms with Crippen LogP contribution in [0.2, 0.25) is 0 Å². The Morgan fingerprint density at radius 3 is 2.28 bits per heavy atom. The summed E-state index contributed by atoms with van der Waals surface area (Å²) in [5.74, 6) is -3.33. The van der Waals surface area contributed by atoms with E-state index in [4.69, 9.17) is 4.74 Å². The summed E-state index contributed by atoms with van der Waals surface area (Å²) in [6.45, 7) is 1.38. The molecule has 0 aromatic heterocycles. The van der Waals surface area contributed by atoms with E-state index >= 15 is 0 Å². The van der Waals surface area contributed by atoms with Crippen molar-refractivity contribution in [3.05, 3.63) is 35.4 Å². The molecule has 0 aliphatic heterocycles. The molecule has 1 aliphatic carbocycles. The first-order chi connectivity index (χ1) is 11.8. The van der Waals surface area contributed by atoms with Crippen molar-refractivity contribution in [1.82, 2.24) is 4.90 Å². The van der Waals surface area contributed by atoms with Crippen molar-refractivity contribution in [3.63, 3.8) is 0 Å². The third kappa shape index (κ3) is 4.13. The number of benzene rings is 1. The Labute approximate surface area is 145 Å². The predicted molar refractivity (Wildman–Crippen MR) is 85.4 cm³/mol. The zero-order chi connectivity index (χ0) is 18.6. The molecule has 1 fully saturated rings. The average Bonchev–Trinajstić information content (AvgIpc) is 2.60. The molecule has 2 rings (SSSR count). The van der Waals surface area contributed by atoms with Gasteiger partial charge >= 0.3 is 5.97 Å². The second-order valence-electron chi connectivity index (χ2n) is 6.31. The van der Waals surface area contributed by atoms with Crippen LogP contribution in [0, 0.1) is 23.0 Å². The fourth-order valence-corrected chi connectivity index (χ4v) is 3.09. The lowest BCUT2D eigenvalue weighted by atomic mass is 9.81. The van der Waals surface area contributed by atoms with Crippen LogP contribution in [0.3, 0.4) is 0 Å². The second-order valence-corrected chi connectivity index (χ2v) is 6.31. The Hall–Kier alpha value is -2.49. The van der Waals surface area contributed by atoms with Crippen LogP contribution in [0.5, 0.6) is 0 Å². The van der Waals surface area contributed by atoms with E-state index in [1.165, 1.54) is 18.9 Å². The maximum atomic E-state index is 13.2. The Kier molecular flexibility index (Phi) is 5.73. The molecule has 1 atom stereocenters. The van der Waals surface area contributed by atoms with E-state index in [0.29, 0.717) is 18.9 Å². The van der Waals surface area contributed by atoms with Crippen molar-refractivity contribution >= 4 is 11.9 Å². The molecule has 0 spiro atoms. The highest BCUT2D eigenvalue weighted by Gasteiger charge is 2.40. The number of hydrogen-bond acceptors (Lipinski definition) is 4. The van der Waals surface area contributed by atoms with Crippen molar-refractivity contribution in [3.8, 4) is 6.07 Å². The summed E-state index contributed by atoms with van der Waals surface area (Å²) in [4.78, 5) is 25.9. The quantitative estimate of drug-likeness (QED) is 0.782. The molecule has 0 saturated heterocycles. The van der Waals surface area contributed by atoms with Crippen molar-refractivity contribution < 1.29 is 23.1 Å². The number of hydrogen-bond donors (Lipinski definition) is 0. The molecular weight excluding hydrogens is 330 g/mol. The summed E-state index contributed by atoms with van der Waals surface area (Å²) in [5.41, 5.74) is -1.21. The van der Waals surface area contributed by atoms with Gasteiger partial charge in [0.15, 0.2) is 6.10 Å². The van der Waals surface area contributed by atoms with Gasteiger partial charge in [-0.25, -0.2) is 13.6 Å². The minimum absolute atomic E-state index is 0.313. The molecular formula is C18H20F2N2O3. The molecule has 1 aliphatic rings. The summed E-state index contributed by atoms with van der Waals surface area (Å²) in [7, 11) is 1.52. The molecule has 0 unspecified atom stereocenters. The van der Waals surface area contributed by atoms with Crippen LogP contribution in [-0.2, 0) is 9.53 Å². The lowest BCUT2D eigenvalue weighted by Gasteiger charge is -2.39. The van der Waals surface area contributed by atoms with Gasteiger partial charge in [-0.2, -0.15) is 5.26 Å². The standard InChI is InChI=1S/C18H20F2N2O3/c1-12(25-17(24)13-8-14(19)10-15(20)9-13)16(23)22(2)18(11-21)6-4-3-5-7-18/h8-10,12H,3-7H2,1-2H3/t12-/m1/s1. The number of carbonyl (C=O) groups is 2. The topological polar surface area (TPSA) is 70.4 Å². The fourth-order valence-electron chi connectivity index (χ4n) is 3.09. The van der Waals surface area contributed by atoms with Gasteiger partial charge in [0.2, 0.25) is 0 Å². The number of halogens is 2. The van der Waals surface area contributed by atoms with Gasteiger partial charge < -0.3 is 9.64 Å². The number of esters is 1. The fraction of sp³-hybridized carbons (Fsp3) is 0.500. The van der Waals surface area contributed by atoms with Crippen LogP contribution in [0.15, 0.2) is 18.2 Å². The highest BCUT2D eigenvalue weighted by atomic mass is 19.1. The Morgan fingerprint density at radius 2 is 1.76 bits per heavy atom. The molecule has 7 heteroatoms. The van der Waals surface area contributed by atoms with E-state index in [1.54, 1.807) is 0 Å². The average molecular weight is 350 g/mol. The lowest BCUT2D eigenvalue weighted by molar-refractivity contribution is -0.143. The Bertz CT molecular complexity index is 689. The predicted octanol–water partition coefficient (Wildman–Crippen LogP) is 3.19. The normalized spacial score (nSPS) is 17.2. The third-order valence-corrected chi connectivity index (χ3v) is 4.59. The van der Waals surface area contributed by atoms with E-state index in [0.717, 1.165) is 31.4 Å². The van der Waals surface area contributed by atoms with Gasteiger partial charge in [-0.15, -0.1) is 0 Å². The molecule has 0 radical (unpaired) electrons. The van der Waals surface area contributed by atoms with Crippen LogP contribution in [0.25, 0.3) is 0 Å². The monoisotopic (exact) mass is 350 g/mol. The summed E-state index contributed by atoms with van der Waals surface area (Å²) < 4.78 is 31.4. The maximum absolute atomic E-state index is 13.2. The highest BCUT2D eigenvalue weighted by molar-refractivity contribution is 5.92. The lowest BCUT2D eigenvalue weighted by Crippen LogP contribution is -2.53. The maximum Gasteiger partial charge on any atom is 0.339 e. The largest absolute Gasteiger partial charge is 0.449 e.